The number of hydrogen-bond acceptors (Lipinski definition) is 4. The summed E-state index contributed by atoms with van der Waals surface area (Å²) in [7, 11) is 0. The van der Waals surface area contributed by atoms with Crippen molar-refractivity contribution in [1.29, 1.82) is 15.9 Å². The minimum atomic E-state index is -5.84. The van der Waals surface area contributed by atoms with Gasteiger partial charge in [0.25, 0.3) is 0 Å². The molecule has 4 nitrogen and oxygen atoms in total. The normalized spacial score (nSPS) is 19.8. The van der Waals surface area contributed by atoms with Gasteiger partial charge in [0.15, 0.2) is 0 Å². The monoisotopic (exact) mass is 420 g/mol. The Labute approximate surface area is 160 Å². The van der Waals surface area contributed by atoms with Gasteiger partial charge in [-0.05, 0) is 31.9 Å². The minimum absolute atomic E-state index is 0.0359. The Balaban J connectivity index is 2.85. The lowest BCUT2D eigenvalue weighted by atomic mass is 9.70. The van der Waals surface area contributed by atoms with Crippen LogP contribution in [0.5, 0.6) is 0 Å². The number of nitrogens with zero attached hydrogens (tertiary/aromatic N) is 3. The first-order chi connectivity index (χ1) is 12.8. The lowest BCUT2D eigenvalue weighted by Gasteiger charge is -2.44. The quantitative estimate of drug-likeness (QED) is 0.647. The number of anilines is 1. The van der Waals surface area contributed by atoms with Gasteiger partial charge < -0.3 is 0 Å². The number of allylic oxidation sites excluding steroid dienone is 2. The van der Waals surface area contributed by atoms with Gasteiger partial charge in [0.1, 0.15) is 22.8 Å². The third-order valence-corrected chi connectivity index (χ3v) is 5.82. The number of rotatable bonds is 2. The van der Waals surface area contributed by atoms with Crippen LogP contribution in [0.1, 0.15) is 29.9 Å². The smallest absolute Gasteiger partial charge is 0.292 e. The molecule has 0 saturated heterocycles. The van der Waals surface area contributed by atoms with Crippen molar-refractivity contribution in [2.45, 2.75) is 39.5 Å². The van der Waals surface area contributed by atoms with E-state index in [1.165, 1.54) is 0 Å². The summed E-state index contributed by atoms with van der Waals surface area (Å²) in [5.74, 6) is -4.02. The number of thiophene rings is 1. The lowest BCUT2D eigenvalue weighted by molar-refractivity contribution is -0.327. The second-order valence-electron chi connectivity index (χ2n) is 6.22. The molecule has 0 fully saturated rings. The van der Waals surface area contributed by atoms with E-state index in [0.717, 1.165) is 29.2 Å². The molecule has 0 aromatic carbocycles. The third kappa shape index (κ3) is 2.85. The van der Waals surface area contributed by atoms with E-state index in [4.69, 9.17) is 5.41 Å². The number of hydrogen-bond donors (Lipinski definition) is 1. The summed E-state index contributed by atoms with van der Waals surface area (Å²) in [4.78, 5) is 1.49. The van der Waals surface area contributed by atoms with E-state index in [1.54, 1.807) is 13.8 Å². The highest BCUT2D eigenvalue weighted by molar-refractivity contribution is 7.16. The number of nitrogens with one attached hydrogen (secondary N) is 1. The van der Waals surface area contributed by atoms with Crippen molar-refractivity contribution in [1.82, 2.24) is 0 Å². The maximum absolute atomic E-state index is 13.6. The molecule has 28 heavy (non-hydrogen) atoms. The fourth-order valence-corrected chi connectivity index (χ4v) is 4.62. The van der Waals surface area contributed by atoms with Gasteiger partial charge in [0.05, 0.1) is 11.6 Å². The third-order valence-electron chi connectivity index (χ3n) is 4.69. The number of halogens is 6. The molecule has 0 saturated carbocycles. The Hall–Kier alpha value is -2.53. The van der Waals surface area contributed by atoms with Crippen molar-refractivity contribution in [3.05, 3.63) is 27.8 Å². The Morgan fingerprint density at radius 1 is 1.18 bits per heavy atom. The van der Waals surface area contributed by atoms with Gasteiger partial charge in [-0.1, -0.05) is 6.92 Å². The lowest BCUT2D eigenvalue weighted by Crippen LogP contribution is -2.60. The summed E-state index contributed by atoms with van der Waals surface area (Å²) in [6, 6.07) is 2.93. The molecular formula is C17H14F6N4S. The topological polar surface area (TPSA) is 74.7 Å². The molecule has 0 bridgehead atoms. The fourth-order valence-electron chi connectivity index (χ4n) is 3.36. The van der Waals surface area contributed by atoms with Gasteiger partial charge in [-0.15, -0.1) is 11.3 Å². The fraction of sp³-hybridized carbons (Fsp3) is 0.471. The Morgan fingerprint density at radius 3 is 2.11 bits per heavy atom. The van der Waals surface area contributed by atoms with Crippen molar-refractivity contribution in [2.24, 2.45) is 11.3 Å². The SMILES string of the molecule is CCc1c(C)sc(N2C(=N)C(C#N)C(C(F)(F)F)(C(F)(F)F)C=C2C)c1C#N. The molecule has 150 valence electrons. The summed E-state index contributed by atoms with van der Waals surface area (Å²) in [5.41, 5.74) is -4.35. The molecule has 1 aliphatic rings. The van der Waals surface area contributed by atoms with Gasteiger partial charge in [-0.3, -0.25) is 10.3 Å². The van der Waals surface area contributed by atoms with Gasteiger partial charge in [-0.25, -0.2) is 0 Å². The minimum Gasteiger partial charge on any atom is -0.292 e. The van der Waals surface area contributed by atoms with Gasteiger partial charge >= 0.3 is 12.4 Å². The van der Waals surface area contributed by atoms with Crippen LogP contribution in [0, 0.1) is 46.3 Å². The van der Waals surface area contributed by atoms with E-state index in [0.29, 0.717) is 16.9 Å². The molecule has 1 atom stereocenters. The molecule has 1 unspecified atom stereocenters. The van der Waals surface area contributed by atoms with E-state index < -0.39 is 35.2 Å². The van der Waals surface area contributed by atoms with Crippen molar-refractivity contribution >= 4 is 22.2 Å². The second-order valence-corrected chi connectivity index (χ2v) is 7.42. The molecule has 1 aliphatic heterocycles. The van der Waals surface area contributed by atoms with E-state index in [2.05, 4.69) is 0 Å². The van der Waals surface area contributed by atoms with E-state index in [9.17, 15) is 36.9 Å². The summed E-state index contributed by atoms with van der Waals surface area (Å²) >= 11 is 0.982. The van der Waals surface area contributed by atoms with Crippen LogP contribution >= 0.6 is 11.3 Å². The zero-order valence-electron chi connectivity index (χ0n) is 14.9. The van der Waals surface area contributed by atoms with Crippen molar-refractivity contribution in [2.75, 3.05) is 4.90 Å². The van der Waals surface area contributed by atoms with Gasteiger partial charge in [0.2, 0.25) is 5.41 Å². The van der Waals surface area contributed by atoms with Crippen LogP contribution in [0.25, 0.3) is 0 Å². The first kappa shape index (κ1) is 21.8. The number of nitriles is 2. The van der Waals surface area contributed by atoms with Crippen LogP contribution < -0.4 is 4.90 Å². The Kier molecular flexibility index (Phi) is 5.30. The van der Waals surface area contributed by atoms with Crippen molar-refractivity contribution < 1.29 is 26.3 Å². The zero-order chi connectivity index (χ0) is 21.7. The van der Waals surface area contributed by atoms with Crippen LogP contribution in [0.2, 0.25) is 0 Å². The number of amidine groups is 1. The second kappa shape index (κ2) is 6.82. The van der Waals surface area contributed by atoms with Crippen LogP contribution in [-0.2, 0) is 6.42 Å². The highest BCUT2D eigenvalue weighted by Gasteiger charge is 2.75. The van der Waals surface area contributed by atoms with Crippen LogP contribution in [0.3, 0.4) is 0 Å². The first-order valence-corrected chi connectivity index (χ1v) is 8.73. The molecule has 0 radical (unpaired) electrons. The highest BCUT2D eigenvalue weighted by Crippen LogP contribution is 2.59. The van der Waals surface area contributed by atoms with Crippen LogP contribution in [-0.4, -0.2) is 18.2 Å². The van der Waals surface area contributed by atoms with Crippen molar-refractivity contribution in [3.8, 4) is 12.1 Å². The van der Waals surface area contributed by atoms with Gasteiger partial charge in [0, 0.05) is 10.6 Å². The standard InChI is InChI=1S/C17H14F6N4S/c1-4-10-9(3)28-14(11(10)6-24)27-8(2)5-15(16(18,19)20,17(21,22)23)12(7-25)13(27)26/h5,12,26H,4H2,1-3H3. The van der Waals surface area contributed by atoms with Crippen LogP contribution in [0.4, 0.5) is 31.3 Å². The molecule has 1 N–H and O–H groups in total. The molecule has 2 heterocycles. The molecule has 0 spiro atoms. The molecule has 0 amide bonds. The predicted octanol–water partition coefficient (Wildman–Crippen LogP) is 5.44. The van der Waals surface area contributed by atoms with Crippen molar-refractivity contribution in [3.63, 3.8) is 0 Å². The van der Waals surface area contributed by atoms with E-state index >= 15 is 0 Å². The Bertz CT molecular complexity index is 912. The van der Waals surface area contributed by atoms with Gasteiger partial charge in [-0.2, -0.15) is 36.9 Å². The average molecular weight is 420 g/mol. The summed E-state index contributed by atoms with van der Waals surface area (Å²) in [5, 5.41) is 26.7. The average Bonchev–Trinajstić information content (AvgIpc) is 2.87. The predicted molar refractivity (Wildman–Crippen MR) is 90.8 cm³/mol. The molecular weight excluding hydrogens is 406 g/mol. The Morgan fingerprint density at radius 2 is 1.71 bits per heavy atom. The van der Waals surface area contributed by atoms with E-state index in [-0.39, 0.29) is 16.6 Å². The van der Waals surface area contributed by atoms with E-state index in [1.807, 2.05) is 6.07 Å². The summed E-state index contributed by atoms with van der Waals surface area (Å²) < 4.78 is 81.6. The largest absolute Gasteiger partial charge is 0.408 e. The maximum atomic E-state index is 13.6. The summed E-state index contributed by atoms with van der Waals surface area (Å²) in [6.45, 7) is 4.41. The number of alkyl halides is 6. The zero-order valence-corrected chi connectivity index (χ0v) is 15.7. The molecule has 1 aromatic rings. The van der Waals surface area contributed by atoms with Crippen LogP contribution in [0.15, 0.2) is 11.8 Å². The number of aryl methyl sites for hydroxylation is 1. The highest BCUT2D eigenvalue weighted by atomic mass is 32.1. The molecule has 0 aliphatic carbocycles. The molecule has 1 aromatic heterocycles. The first-order valence-electron chi connectivity index (χ1n) is 7.91. The summed E-state index contributed by atoms with van der Waals surface area (Å²) in [6.07, 6.45) is -11.3. The molecule has 2 rings (SSSR count). The maximum Gasteiger partial charge on any atom is 0.408 e. The molecule has 11 heteroatoms.